The van der Waals surface area contributed by atoms with Crippen molar-refractivity contribution in [1.82, 2.24) is 0 Å². The lowest BCUT2D eigenvalue weighted by Crippen LogP contribution is -2.14. The minimum Gasteiger partial charge on any atom is -0.0801 e. The maximum Gasteiger partial charge on any atom is 0.0380 e. The van der Waals surface area contributed by atoms with Gasteiger partial charge in [0, 0.05) is 4.90 Å². The normalized spacial score (nSPS) is 21.3. The summed E-state index contributed by atoms with van der Waals surface area (Å²) in [6, 6.07) is 17.3. The van der Waals surface area contributed by atoms with E-state index < -0.39 is 0 Å². The van der Waals surface area contributed by atoms with Gasteiger partial charge in [-0.2, -0.15) is 0 Å². The minimum atomic E-state index is 0.686. The van der Waals surface area contributed by atoms with E-state index >= 15 is 0 Å². The van der Waals surface area contributed by atoms with Crippen LogP contribution in [0.15, 0.2) is 53.4 Å². The molecule has 1 radical (unpaired) electrons. The minimum absolute atomic E-state index is 0.686. The Morgan fingerprint density at radius 3 is 2.39 bits per heavy atom. The molecule has 23 heavy (non-hydrogen) atoms. The predicted molar refractivity (Wildman–Crippen MR) is 102 cm³/mol. The highest BCUT2D eigenvalue weighted by molar-refractivity contribution is 7.80. The molecule has 0 N–H and O–H groups in total. The zero-order valence-electron chi connectivity index (χ0n) is 14.1. The van der Waals surface area contributed by atoms with Crippen molar-refractivity contribution in [2.24, 2.45) is 5.92 Å². The van der Waals surface area contributed by atoms with Gasteiger partial charge in [-0.3, -0.25) is 0 Å². The van der Waals surface area contributed by atoms with E-state index in [1.54, 1.807) is 0 Å². The quantitative estimate of drug-likeness (QED) is 0.538. The average molecular weight is 324 g/mol. The first kappa shape index (κ1) is 16.5. The van der Waals surface area contributed by atoms with Crippen LogP contribution in [0.1, 0.15) is 63.4 Å². The number of hydrogen-bond donors (Lipinski definition) is 0. The summed E-state index contributed by atoms with van der Waals surface area (Å²) in [5.41, 5.74) is 4.19. The molecule has 0 atom stereocenters. The average Bonchev–Trinajstić information content (AvgIpc) is 2.61. The van der Waals surface area contributed by atoms with Gasteiger partial charge in [-0.1, -0.05) is 75.2 Å². The van der Waals surface area contributed by atoms with Gasteiger partial charge in [-0.15, -0.1) is 0 Å². The summed E-state index contributed by atoms with van der Waals surface area (Å²) >= 11 is 5.46. The Labute approximate surface area is 146 Å². The number of rotatable bonds is 5. The summed E-state index contributed by atoms with van der Waals surface area (Å²) in [7, 11) is 0. The zero-order chi connectivity index (χ0) is 16.1. The largest absolute Gasteiger partial charge is 0.0801 e. The van der Waals surface area contributed by atoms with Crippen LogP contribution >= 0.6 is 12.6 Å². The Morgan fingerprint density at radius 2 is 1.70 bits per heavy atom. The fraction of sp³-hybridized carbons (Fsp3) is 0.455. The van der Waals surface area contributed by atoms with E-state index in [4.69, 9.17) is 12.6 Å². The van der Waals surface area contributed by atoms with E-state index in [0.29, 0.717) is 5.92 Å². The van der Waals surface area contributed by atoms with Gasteiger partial charge >= 0.3 is 0 Å². The topological polar surface area (TPSA) is 0 Å². The molecule has 1 saturated carbocycles. The van der Waals surface area contributed by atoms with Crippen LogP contribution in [0.4, 0.5) is 0 Å². The highest BCUT2D eigenvalue weighted by Gasteiger charge is 2.24. The number of hydrogen-bond acceptors (Lipinski definition) is 0. The van der Waals surface area contributed by atoms with Crippen LogP contribution < -0.4 is 0 Å². The maximum atomic E-state index is 5.46. The molecule has 0 unspecified atom stereocenters. The second-order valence-corrected chi connectivity index (χ2v) is 7.45. The second-order valence-electron chi connectivity index (χ2n) is 6.97. The molecule has 1 aliphatic carbocycles. The van der Waals surface area contributed by atoms with E-state index in [9.17, 15) is 0 Å². The van der Waals surface area contributed by atoms with Gasteiger partial charge in [0.1, 0.15) is 0 Å². The molecule has 0 aromatic heterocycles. The van der Waals surface area contributed by atoms with Gasteiger partial charge in [-0.05, 0) is 66.3 Å². The Morgan fingerprint density at radius 1 is 0.957 bits per heavy atom. The van der Waals surface area contributed by atoms with E-state index in [-0.39, 0.29) is 0 Å². The summed E-state index contributed by atoms with van der Waals surface area (Å²) in [5, 5.41) is 0. The van der Waals surface area contributed by atoms with Crippen LogP contribution in [0.25, 0.3) is 11.1 Å². The smallest absolute Gasteiger partial charge is 0.0380 e. The molecule has 0 saturated heterocycles. The molecule has 0 nitrogen and oxygen atoms in total. The molecule has 0 bridgehead atoms. The van der Waals surface area contributed by atoms with Crippen LogP contribution in [-0.2, 0) is 0 Å². The summed E-state index contributed by atoms with van der Waals surface area (Å²) in [4.78, 5) is 0.979. The fourth-order valence-corrected chi connectivity index (χ4v) is 4.21. The molecular weight excluding hydrogens is 296 g/mol. The van der Waals surface area contributed by atoms with E-state index in [1.165, 1.54) is 61.6 Å². The number of benzene rings is 2. The first-order chi connectivity index (χ1) is 11.3. The summed E-state index contributed by atoms with van der Waals surface area (Å²) in [6.45, 7) is 2.30. The van der Waals surface area contributed by atoms with Crippen LogP contribution in [0.2, 0.25) is 0 Å². The molecule has 3 rings (SSSR count). The van der Waals surface area contributed by atoms with Crippen molar-refractivity contribution in [3.8, 4) is 11.1 Å². The van der Waals surface area contributed by atoms with Gasteiger partial charge in [-0.25, -0.2) is 0 Å². The second kappa shape index (κ2) is 7.97. The van der Waals surface area contributed by atoms with Crippen molar-refractivity contribution in [3.63, 3.8) is 0 Å². The molecule has 121 valence electrons. The van der Waals surface area contributed by atoms with Crippen LogP contribution in [0.3, 0.4) is 0 Å². The molecule has 0 spiro atoms. The maximum absolute atomic E-state index is 5.46. The lowest BCUT2D eigenvalue weighted by molar-refractivity contribution is 0.304. The first-order valence-corrected chi connectivity index (χ1v) is 9.55. The highest BCUT2D eigenvalue weighted by Crippen LogP contribution is 2.41. The third-order valence-electron chi connectivity index (χ3n) is 5.36. The first-order valence-electron chi connectivity index (χ1n) is 9.14. The Balaban J connectivity index is 1.79. The number of unbranched alkanes of at least 4 members (excludes halogenated alkanes) is 1. The molecule has 0 aliphatic heterocycles. The summed E-state index contributed by atoms with van der Waals surface area (Å²) < 4.78 is 0. The summed E-state index contributed by atoms with van der Waals surface area (Å²) in [5.74, 6) is 1.64. The Hall–Kier alpha value is -1.34. The van der Waals surface area contributed by atoms with Gasteiger partial charge < -0.3 is 0 Å². The van der Waals surface area contributed by atoms with Gasteiger partial charge in [0.2, 0.25) is 0 Å². The van der Waals surface area contributed by atoms with Crippen molar-refractivity contribution in [2.75, 3.05) is 0 Å². The molecule has 0 amide bonds. The Kier molecular flexibility index (Phi) is 5.72. The van der Waals surface area contributed by atoms with Crippen LogP contribution in [-0.4, -0.2) is 0 Å². The van der Waals surface area contributed by atoms with Crippen molar-refractivity contribution >= 4 is 12.6 Å². The van der Waals surface area contributed by atoms with Crippen molar-refractivity contribution in [2.45, 2.75) is 62.7 Å². The molecule has 1 fully saturated rings. The SMILES string of the molecule is CCCCC1CCC(c2cc([S])ccc2-c2ccccc2)CC1. The van der Waals surface area contributed by atoms with Gasteiger partial charge in [0.05, 0.1) is 0 Å². The standard InChI is InChI=1S/C22H27S/c1-2-3-7-17-10-12-19(13-11-17)22-16-20(23)14-15-21(22)18-8-5-4-6-9-18/h4-6,8-9,14-17,19H,2-3,7,10-13H2,1H3. The van der Waals surface area contributed by atoms with Crippen molar-refractivity contribution in [3.05, 3.63) is 54.1 Å². The fourth-order valence-electron chi connectivity index (χ4n) is 4.01. The highest BCUT2D eigenvalue weighted by atomic mass is 32.1. The van der Waals surface area contributed by atoms with E-state index in [1.807, 2.05) is 0 Å². The van der Waals surface area contributed by atoms with E-state index in [0.717, 1.165) is 10.8 Å². The third-order valence-corrected chi connectivity index (χ3v) is 5.61. The molecular formula is C22H27S. The van der Waals surface area contributed by atoms with Gasteiger partial charge in [0.25, 0.3) is 0 Å². The van der Waals surface area contributed by atoms with Crippen LogP contribution in [0.5, 0.6) is 0 Å². The Bertz CT molecular complexity index is 609. The van der Waals surface area contributed by atoms with E-state index in [2.05, 4.69) is 55.5 Å². The third kappa shape index (κ3) is 4.14. The predicted octanol–water partition coefficient (Wildman–Crippen LogP) is 7.37. The molecule has 2 aromatic rings. The monoisotopic (exact) mass is 323 g/mol. The van der Waals surface area contributed by atoms with Crippen LogP contribution in [0, 0.1) is 5.92 Å². The van der Waals surface area contributed by atoms with Crippen molar-refractivity contribution < 1.29 is 0 Å². The van der Waals surface area contributed by atoms with Gasteiger partial charge in [0.15, 0.2) is 0 Å². The lowest BCUT2D eigenvalue weighted by atomic mass is 9.75. The molecule has 1 heteroatoms. The molecule has 0 heterocycles. The zero-order valence-corrected chi connectivity index (χ0v) is 14.9. The molecule has 1 aliphatic rings. The molecule has 2 aromatic carbocycles. The lowest BCUT2D eigenvalue weighted by Gasteiger charge is -2.30. The summed E-state index contributed by atoms with van der Waals surface area (Å²) in [6.07, 6.45) is 9.58. The van der Waals surface area contributed by atoms with Crippen molar-refractivity contribution in [1.29, 1.82) is 0 Å².